The highest BCUT2D eigenvalue weighted by Crippen LogP contribution is 2.41. The Kier molecular flexibility index (Phi) is 2.35. The fraction of sp³-hybridized carbons (Fsp3) is 0.500. The molecular weight excluding hydrogens is 214 g/mol. The van der Waals surface area contributed by atoms with Crippen LogP contribution >= 0.6 is 0 Å². The number of piperidine rings is 1. The SMILES string of the molecule is Cc1cccc2c1N1CCCC(C(=O)O)C1C2. The predicted molar refractivity (Wildman–Crippen MR) is 66.4 cm³/mol. The molecule has 3 nitrogen and oxygen atoms in total. The highest BCUT2D eigenvalue weighted by atomic mass is 16.4. The second-order valence-electron chi connectivity index (χ2n) is 5.13. The summed E-state index contributed by atoms with van der Waals surface area (Å²) in [6, 6.07) is 6.51. The standard InChI is InChI=1S/C14H17NO2/c1-9-4-2-5-10-8-12-11(14(16)17)6-3-7-15(12)13(9)10/h2,4-5,11-12H,3,6-8H2,1H3,(H,16,17). The highest BCUT2D eigenvalue weighted by molar-refractivity contribution is 5.75. The van der Waals surface area contributed by atoms with Gasteiger partial charge in [-0.2, -0.15) is 0 Å². The number of fused-ring (bicyclic) bond motifs is 3. The lowest BCUT2D eigenvalue weighted by Crippen LogP contribution is -2.46. The third kappa shape index (κ3) is 1.53. The van der Waals surface area contributed by atoms with E-state index in [-0.39, 0.29) is 12.0 Å². The Balaban J connectivity index is 2.01. The van der Waals surface area contributed by atoms with Crippen molar-refractivity contribution in [1.82, 2.24) is 0 Å². The molecule has 1 saturated heterocycles. The van der Waals surface area contributed by atoms with E-state index >= 15 is 0 Å². The number of nitrogens with zero attached hydrogens (tertiary/aromatic N) is 1. The van der Waals surface area contributed by atoms with E-state index in [1.165, 1.54) is 16.8 Å². The van der Waals surface area contributed by atoms with Crippen molar-refractivity contribution in [3.05, 3.63) is 29.3 Å². The first kappa shape index (κ1) is 10.6. The van der Waals surface area contributed by atoms with Crippen LogP contribution in [0.5, 0.6) is 0 Å². The average Bonchev–Trinajstić information content (AvgIpc) is 2.67. The van der Waals surface area contributed by atoms with Crippen molar-refractivity contribution in [1.29, 1.82) is 0 Å². The van der Waals surface area contributed by atoms with Crippen molar-refractivity contribution in [2.75, 3.05) is 11.4 Å². The molecule has 0 aromatic heterocycles. The zero-order valence-electron chi connectivity index (χ0n) is 10.0. The molecule has 2 aliphatic heterocycles. The molecule has 0 bridgehead atoms. The van der Waals surface area contributed by atoms with E-state index in [1.807, 2.05) is 0 Å². The van der Waals surface area contributed by atoms with Gasteiger partial charge in [0, 0.05) is 18.3 Å². The predicted octanol–water partition coefficient (Wildman–Crippen LogP) is 2.22. The Morgan fingerprint density at radius 3 is 3.06 bits per heavy atom. The molecule has 1 fully saturated rings. The van der Waals surface area contributed by atoms with Gasteiger partial charge in [-0.3, -0.25) is 4.79 Å². The minimum absolute atomic E-state index is 0.178. The molecule has 90 valence electrons. The maximum absolute atomic E-state index is 11.3. The van der Waals surface area contributed by atoms with E-state index in [4.69, 9.17) is 0 Å². The fourth-order valence-corrected chi connectivity index (χ4v) is 3.40. The average molecular weight is 231 g/mol. The van der Waals surface area contributed by atoms with Gasteiger partial charge in [0.2, 0.25) is 0 Å². The molecule has 0 aliphatic carbocycles. The quantitative estimate of drug-likeness (QED) is 0.805. The first-order valence-electron chi connectivity index (χ1n) is 6.26. The van der Waals surface area contributed by atoms with Crippen molar-refractivity contribution < 1.29 is 9.90 Å². The zero-order valence-corrected chi connectivity index (χ0v) is 10.0. The summed E-state index contributed by atoms with van der Waals surface area (Å²) >= 11 is 0. The molecule has 2 unspecified atom stereocenters. The van der Waals surface area contributed by atoms with Gasteiger partial charge >= 0.3 is 5.97 Å². The maximum Gasteiger partial charge on any atom is 0.308 e. The molecule has 2 atom stereocenters. The molecule has 0 amide bonds. The first-order valence-corrected chi connectivity index (χ1v) is 6.26. The van der Waals surface area contributed by atoms with E-state index in [0.29, 0.717) is 0 Å². The summed E-state index contributed by atoms with van der Waals surface area (Å²) in [5.74, 6) is -0.833. The molecule has 0 spiro atoms. The number of carboxylic acids is 1. The number of aryl methyl sites for hydroxylation is 1. The largest absolute Gasteiger partial charge is 0.481 e. The van der Waals surface area contributed by atoms with Gasteiger partial charge in [-0.05, 0) is 37.3 Å². The number of hydrogen-bond donors (Lipinski definition) is 1. The van der Waals surface area contributed by atoms with Gasteiger partial charge in [-0.15, -0.1) is 0 Å². The normalized spacial score (nSPS) is 26.5. The molecule has 1 aromatic rings. The summed E-state index contributed by atoms with van der Waals surface area (Å²) in [4.78, 5) is 13.6. The van der Waals surface area contributed by atoms with Gasteiger partial charge in [0.25, 0.3) is 0 Å². The molecule has 3 heteroatoms. The minimum Gasteiger partial charge on any atom is -0.481 e. The Hall–Kier alpha value is -1.51. The van der Waals surface area contributed by atoms with Crippen LogP contribution < -0.4 is 4.90 Å². The summed E-state index contributed by atoms with van der Waals surface area (Å²) < 4.78 is 0. The van der Waals surface area contributed by atoms with Gasteiger partial charge in [-0.25, -0.2) is 0 Å². The second-order valence-corrected chi connectivity index (χ2v) is 5.13. The number of hydrogen-bond acceptors (Lipinski definition) is 2. The van der Waals surface area contributed by atoms with Gasteiger partial charge in [-0.1, -0.05) is 18.2 Å². The molecule has 17 heavy (non-hydrogen) atoms. The van der Waals surface area contributed by atoms with E-state index in [2.05, 4.69) is 30.0 Å². The summed E-state index contributed by atoms with van der Waals surface area (Å²) in [7, 11) is 0. The van der Waals surface area contributed by atoms with Crippen LogP contribution in [0.3, 0.4) is 0 Å². The fourth-order valence-electron chi connectivity index (χ4n) is 3.40. The van der Waals surface area contributed by atoms with Crippen LogP contribution in [-0.2, 0) is 11.2 Å². The maximum atomic E-state index is 11.3. The van der Waals surface area contributed by atoms with Gasteiger partial charge in [0.05, 0.1) is 5.92 Å². The number of para-hydroxylation sites is 1. The molecular formula is C14H17NO2. The molecule has 3 rings (SSSR count). The Labute approximate surface area is 101 Å². The third-order valence-corrected chi connectivity index (χ3v) is 4.13. The monoisotopic (exact) mass is 231 g/mol. The third-order valence-electron chi connectivity index (χ3n) is 4.13. The molecule has 2 aliphatic rings. The van der Waals surface area contributed by atoms with Crippen LogP contribution in [-0.4, -0.2) is 23.7 Å². The summed E-state index contributed by atoms with van der Waals surface area (Å²) in [5.41, 5.74) is 3.89. The number of carbonyl (C=O) groups is 1. The molecule has 1 aromatic carbocycles. The summed E-state index contributed by atoms with van der Waals surface area (Å²) in [5, 5.41) is 9.31. The lowest BCUT2D eigenvalue weighted by atomic mass is 9.88. The van der Waals surface area contributed by atoms with Crippen molar-refractivity contribution >= 4 is 11.7 Å². The lowest BCUT2D eigenvalue weighted by molar-refractivity contribution is -0.143. The lowest BCUT2D eigenvalue weighted by Gasteiger charge is -2.36. The van der Waals surface area contributed by atoms with Crippen LogP contribution in [0.2, 0.25) is 0 Å². The number of carboxylic acid groups (broad SMARTS) is 1. The van der Waals surface area contributed by atoms with Crippen LogP contribution in [0.4, 0.5) is 5.69 Å². The topological polar surface area (TPSA) is 40.5 Å². The van der Waals surface area contributed by atoms with Gasteiger partial charge < -0.3 is 10.0 Å². The smallest absolute Gasteiger partial charge is 0.308 e. The molecule has 0 radical (unpaired) electrons. The van der Waals surface area contributed by atoms with Crippen LogP contribution in [0.15, 0.2) is 18.2 Å². The van der Waals surface area contributed by atoms with E-state index < -0.39 is 5.97 Å². The summed E-state index contributed by atoms with van der Waals surface area (Å²) in [6.45, 7) is 3.12. The van der Waals surface area contributed by atoms with Crippen LogP contribution in [0.25, 0.3) is 0 Å². The molecule has 1 N–H and O–H groups in total. The minimum atomic E-state index is -0.634. The van der Waals surface area contributed by atoms with E-state index in [1.54, 1.807) is 0 Å². The first-order chi connectivity index (χ1) is 8.18. The zero-order chi connectivity index (χ0) is 12.0. The molecule has 0 saturated carbocycles. The number of rotatable bonds is 1. The van der Waals surface area contributed by atoms with Crippen molar-refractivity contribution in [2.24, 2.45) is 5.92 Å². The number of anilines is 1. The second kappa shape index (κ2) is 3.76. The van der Waals surface area contributed by atoms with Crippen LogP contribution in [0, 0.1) is 12.8 Å². The van der Waals surface area contributed by atoms with E-state index in [9.17, 15) is 9.90 Å². The van der Waals surface area contributed by atoms with Crippen molar-refractivity contribution in [3.8, 4) is 0 Å². The van der Waals surface area contributed by atoms with E-state index in [0.717, 1.165) is 25.8 Å². The number of aliphatic carboxylic acids is 1. The van der Waals surface area contributed by atoms with Crippen LogP contribution in [0.1, 0.15) is 24.0 Å². The Morgan fingerprint density at radius 2 is 2.29 bits per heavy atom. The Morgan fingerprint density at radius 1 is 1.47 bits per heavy atom. The summed E-state index contributed by atoms with van der Waals surface area (Å²) in [6.07, 6.45) is 2.71. The molecule has 2 heterocycles. The Bertz CT molecular complexity index is 469. The number of benzene rings is 1. The van der Waals surface area contributed by atoms with Gasteiger partial charge in [0.1, 0.15) is 0 Å². The highest BCUT2D eigenvalue weighted by Gasteiger charge is 2.41. The van der Waals surface area contributed by atoms with Crippen molar-refractivity contribution in [3.63, 3.8) is 0 Å². The van der Waals surface area contributed by atoms with Crippen molar-refractivity contribution in [2.45, 2.75) is 32.2 Å². The van der Waals surface area contributed by atoms with Gasteiger partial charge in [0.15, 0.2) is 0 Å².